The van der Waals surface area contributed by atoms with Crippen LogP contribution in [0.1, 0.15) is 29.4 Å². The monoisotopic (exact) mass is 351 g/mol. The molecule has 0 spiro atoms. The molecule has 0 bridgehead atoms. The topological polar surface area (TPSA) is 84.1 Å². The average molecular weight is 351 g/mol. The summed E-state index contributed by atoms with van der Waals surface area (Å²) in [4.78, 5) is 24.4. The van der Waals surface area contributed by atoms with E-state index < -0.39 is 0 Å². The first-order valence-corrected chi connectivity index (χ1v) is 8.49. The Balaban J connectivity index is 1.66. The van der Waals surface area contributed by atoms with Crippen molar-refractivity contribution in [2.45, 2.75) is 25.8 Å². The van der Waals surface area contributed by atoms with Crippen molar-refractivity contribution in [1.29, 1.82) is 0 Å². The van der Waals surface area contributed by atoms with E-state index in [4.69, 9.17) is 4.74 Å². The number of aromatic amines is 1. The van der Waals surface area contributed by atoms with Gasteiger partial charge in [-0.15, -0.1) is 0 Å². The van der Waals surface area contributed by atoms with Crippen LogP contribution in [0.15, 0.2) is 53.3 Å². The molecular weight excluding hydrogens is 330 g/mol. The lowest BCUT2D eigenvalue weighted by atomic mass is 10.1. The zero-order valence-electron chi connectivity index (χ0n) is 14.8. The van der Waals surface area contributed by atoms with E-state index in [0.717, 1.165) is 18.6 Å². The number of hydrogen-bond donors (Lipinski definition) is 2. The highest BCUT2D eigenvalue weighted by Gasteiger charge is 2.16. The highest BCUT2D eigenvalue weighted by Crippen LogP contribution is 2.14. The highest BCUT2D eigenvalue weighted by molar-refractivity contribution is 6.04. The molecule has 0 aliphatic carbocycles. The van der Waals surface area contributed by atoms with Gasteiger partial charge in [-0.25, -0.2) is 5.10 Å². The predicted octanol–water partition coefficient (Wildman–Crippen LogP) is 2.68. The minimum atomic E-state index is -0.301. The Hall–Kier alpha value is -3.15. The second kappa shape index (κ2) is 7.82. The molecular formula is C20H21N3O3. The maximum Gasteiger partial charge on any atom is 0.272 e. The summed E-state index contributed by atoms with van der Waals surface area (Å²) >= 11 is 0. The molecule has 134 valence electrons. The highest BCUT2D eigenvalue weighted by atomic mass is 16.5. The van der Waals surface area contributed by atoms with Gasteiger partial charge in [0.15, 0.2) is 5.69 Å². The Morgan fingerprint density at radius 2 is 1.85 bits per heavy atom. The lowest BCUT2D eigenvalue weighted by Gasteiger charge is -2.14. The first-order chi connectivity index (χ1) is 12.6. The van der Waals surface area contributed by atoms with E-state index in [-0.39, 0.29) is 23.2 Å². The summed E-state index contributed by atoms with van der Waals surface area (Å²) in [7, 11) is 1.64. The molecule has 1 atom stereocenters. The Labute approximate surface area is 151 Å². The van der Waals surface area contributed by atoms with Crippen LogP contribution in [-0.4, -0.2) is 29.3 Å². The number of hydrogen-bond acceptors (Lipinski definition) is 4. The number of aromatic nitrogens is 2. The van der Waals surface area contributed by atoms with Crippen molar-refractivity contribution in [3.63, 3.8) is 0 Å². The second-order valence-electron chi connectivity index (χ2n) is 6.21. The lowest BCUT2D eigenvalue weighted by Crippen LogP contribution is -2.34. The Morgan fingerprint density at radius 1 is 1.15 bits per heavy atom. The SMILES string of the molecule is COc1ccc(CCC(C)NC(=O)c2n[nH]c(=O)c3ccccc23)cc1. The van der Waals surface area contributed by atoms with E-state index >= 15 is 0 Å². The zero-order chi connectivity index (χ0) is 18.5. The zero-order valence-corrected chi connectivity index (χ0v) is 14.8. The van der Waals surface area contributed by atoms with Crippen molar-refractivity contribution in [2.75, 3.05) is 7.11 Å². The third kappa shape index (κ3) is 3.91. The number of fused-ring (bicyclic) bond motifs is 1. The minimum Gasteiger partial charge on any atom is -0.497 e. The van der Waals surface area contributed by atoms with Crippen LogP contribution in [0.2, 0.25) is 0 Å². The third-order valence-electron chi connectivity index (χ3n) is 4.31. The number of nitrogens with zero attached hydrogens (tertiary/aromatic N) is 1. The Bertz CT molecular complexity index is 964. The lowest BCUT2D eigenvalue weighted by molar-refractivity contribution is 0.0934. The maximum absolute atomic E-state index is 12.6. The number of H-pyrrole nitrogens is 1. The van der Waals surface area contributed by atoms with Gasteiger partial charge in [0.25, 0.3) is 11.5 Å². The molecule has 0 radical (unpaired) electrons. The fourth-order valence-electron chi connectivity index (χ4n) is 2.83. The molecule has 2 aromatic carbocycles. The third-order valence-corrected chi connectivity index (χ3v) is 4.31. The summed E-state index contributed by atoms with van der Waals surface area (Å²) in [5.74, 6) is 0.533. The smallest absolute Gasteiger partial charge is 0.272 e. The molecule has 0 aliphatic rings. The molecule has 26 heavy (non-hydrogen) atoms. The number of carbonyl (C=O) groups excluding carboxylic acids is 1. The summed E-state index contributed by atoms with van der Waals surface area (Å²) < 4.78 is 5.15. The molecule has 6 nitrogen and oxygen atoms in total. The molecule has 6 heteroatoms. The van der Waals surface area contributed by atoms with Crippen LogP contribution in [0.3, 0.4) is 0 Å². The van der Waals surface area contributed by atoms with Crippen molar-refractivity contribution < 1.29 is 9.53 Å². The Morgan fingerprint density at radius 3 is 2.54 bits per heavy atom. The molecule has 1 heterocycles. The average Bonchev–Trinajstić information content (AvgIpc) is 2.67. The van der Waals surface area contributed by atoms with Crippen molar-refractivity contribution in [3.8, 4) is 5.75 Å². The van der Waals surface area contributed by atoms with Gasteiger partial charge in [-0.05, 0) is 43.5 Å². The molecule has 2 N–H and O–H groups in total. The number of amides is 1. The first-order valence-electron chi connectivity index (χ1n) is 8.49. The van der Waals surface area contributed by atoms with E-state index in [1.807, 2.05) is 31.2 Å². The van der Waals surface area contributed by atoms with E-state index in [1.54, 1.807) is 31.4 Å². The fourth-order valence-corrected chi connectivity index (χ4v) is 2.83. The quantitative estimate of drug-likeness (QED) is 0.715. The van der Waals surface area contributed by atoms with Gasteiger partial charge in [0.2, 0.25) is 0 Å². The molecule has 0 aliphatic heterocycles. The van der Waals surface area contributed by atoms with E-state index in [1.165, 1.54) is 5.56 Å². The van der Waals surface area contributed by atoms with Gasteiger partial charge in [0.1, 0.15) is 5.75 Å². The summed E-state index contributed by atoms with van der Waals surface area (Å²) in [5.41, 5.74) is 1.11. The largest absolute Gasteiger partial charge is 0.497 e. The molecule has 3 rings (SSSR count). The van der Waals surface area contributed by atoms with E-state index in [0.29, 0.717) is 10.8 Å². The van der Waals surface area contributed by atoms with Crippen LogP contribution >= 0.6 is 0 Å². The van der Waals surface area contributed by atoms with Gasteiger partial charge < -0.3 is 10.1 Å². The molecule has 3 aromatic rings. The van der Waals surface area contributed by atoms with Crippen LogP contribution in [0.4, 0.5) is 0 Å². The van der Waals surface area contributed by atoms with Gasteiger partial charge in [-0.1, -0.05) is 30.3 Å². The van der Waals surface area contributed by atoms with Crippen molar-refractivity contribution in [1.82, 2.24) is 15.5 Å². The number of nitrogens with one attached hydrogen (secondary N) is 2. The number of rotatable bonds is 6. The Kier molecular flexibility index (Phi) is 5.31. The summed E-state index contributed by atoms with van der Waals surface area (Å²) in [6, 6.07) is 14.8. The van der Waals surface area contributed by atoms with Gasteiger partial charge in [0.05, 0.1) is 12.5 Å². The van der Waals surface area contributed by atoms with Gasteiger partial charge in [-0.3, -0.25) is 9.59 Å². The molecule has 1 aromatic heterocycles. The molecule has 1 unspecified atom stereocenters. The summed E-state index contributed by atoms with van der Waals surface area (Å²) in [5, 5.41) is 10.3. The van der Waals surface area contributed by atoms with E-state index in [2.05, 4.69) is 15.5 Å². The number of ether oxygens (including phenoxy) is 1. The van der Waals surface area contributed by atoms with Gasteiger partial charge >= 0.3 is 0 Å². The van der Waals surface area contributed by atoms with Crippen LogP contribution < -0.4 is 15.6 Å². The number of benzene rings is 2. The first kappa shape index (κ1) is 17.7. The van der Waals surface area contributed by atoms with Crippen LogP contribution in [-0.2, 0) is 6.42 Å². The molecule has 0 saturated heterocycles. The number of aryl methyl sites for hydroxylation is 1. The standard InChI is InChI=1S/C20H21N3O3/c1-13(7-8-14-9-11-15(26-2)12-10-14)21-20(25)18-16-5-3-4-6-17(16)19(24)23-22-18/h3-6,9-13H,7-8H2,1-2H3,(H,21,25)(H,23,24). The van der Waals surface area contributed by atoms with Gasteiger partial charge in [-0.2, -0.15) is 5.10 Å². The number of methoxy groups -OCH3 is 1. The minimum absolute atomic E-state index is 0.0305. The molecule has 0 saturated carbocycles. The van der Waals surface area contributed by atoms with Crippen molar-refractivity contribution in [2.24, 2.45) is 0 Å². The van der Waals surface area contributed by atoms with Crippen LogP contribution in [0.25, 0.3) is 10.8 Å². The second-order valence-corrected chi connectivity index (χ2v) is 6.21. The maximum atomic E-state index is 12.6. The van der Waals surface area contributed by atoms with Crippen molar-refractivity contribution >= 4 is 16.7 Å². The van der Waals surface area contributed by atoms with Gasteiger partial charge in [0, 0.05) is 11.4 Å². The van der Waals surface area contributed by atoms with Crippen LogP contribution in [0.5, 0.6) is 5.75 Å². The summed E-state index contributed by atoms with van der Waals surface area (Å²) in [6.45, 7) is 1.95. The molecule has 1 amide bonds. The van der Waals surface area contributed by atoms with Crippen molar-refractivity contribution in [3.05, 3.63) is 70.1 Å². The van der Waals surface area contributed by atoms with E-state index in [9.17, 15) is 9.59 Å². The number of carbonyl (C=O) groups is 1. The molecule has 0 fully saturated rings. The normalized spacial score (nSPS) is 11.9. The fraction of sp³-hybridized carbons (Fsp3) is 0.250. The summed E-state index contributed by atoms with van der Waals surface area (Å²) in [6.07, 6.45) is 1.63. The van der Waals surface area contributed by atoms with Crippen LogP contribution in [0, 0.1) is 0 Å². The predicted molar refractivity (Wildman–Crippen MR) is 101 cm³/mol.